The maximum Gasteiger partial charge on any atom is 0.340 e. The summed E-state index contributed by atoms with van der Waals surface area (Å²) in [5.74, 6) is -2.19. The number of carbonyl (C=O) groups is 3. The van der Waals surface area contributed by atoms with Crippen molar-refractivity contribution in [2.75, 3.05) is 6.61 Å². The lowest BCUT2D eigenvalue weighted by Crippen LogP contribution is -2.50. The highest BCUT2D eigenvalue weighted by atomic mass is 16.7. The Morgan fingerprint density at radius 3 is 1.76 bits per heavy atom. The minimum absolute atomic E-state index is 0.216. The number of esters is 3. The molecule has 8 nitrogen and oxygen atoms in total. The van der Waals surface area contributed by atoms with E-state index in [0.29, 0.717) is 5.56 Å². The Balaban J connectivity index is 1.61. The third-order valence-corrected chi connectivity index (χ3v) is 5.66. The lowest BCUT2D eigenvalue weighted by molar-refractivity contribution is -0.162. The second-order valence-corrected chi connectivity index (χ2v) is 8.17. The summed E-state index contributed by atoms with van der Waals surface area (Å²) >= 11 is 0. The molecule has 8 heteroatoms. The molecule has 1 aliphatic heterocycles. The Morgan fingerprint density at radius 2 is 1.27 bits per heavy atom. The molecule has 0 amide bonds. The molecule has 0 aliphatic carbocycles. The van der Waals surface area contributed by atoms with E-state index in [9.17, 15) is 19.5 Å². The van der Waals surface area contributed by atoms with Crippen LogP contribution in [-0.4, -0.2) is 53.7 Å². The third kappa shape index (κ3) is 5.85. The molecule has 3 aromatic carbocycles. The molecule has 0 aromatic heterocycles. The molecular formula is C29H24O8. The number of hydrogen-bond donors (Lipinski definition) is 1. The van der Waals surface area contributed by atoms with Gasteiger partial charge >= 0.3 is 17.9 Å². The van der Waals surface area contributed by atoms with Gasteiger partial charge in [0, 0.05) is 0 Å². The summed E-state index contributed by atoms with van der Waals surface area (Å²) < 4.78 is 22.3. The third-order valence-electron chi connectivity index (χ3n) is 5.66. The summed E-state index contributed by atoms with van der Waals surface area (Å²) in [6.07, 6.45) is -3.16. The van der Waals surface area contributed by atoms with Crippen LogP contribution in [0.4, 0.5) is 0 Å². The van der Waals surface area contributed by atoms with E-state index in [1.807, 2.05) is 0 Å². The molecule has 1 heterocycles. The zero-order valence-corrected chi connectivity index (χ0v) is 19.7. The first-order chi connectivity index (χ1) is 17.9. The molecule has 1 fully saturated rings. The summed E-state index contributed by atoms with van der Waals surface area (Å²) in [5, 5.41) is 11.6. The summed E-state index contributed by atoms with van der Waals surface area (Å²) in [4.78, 5) is 38.2. The van der Waals surface area contributed by atoms with Gasteiger partial charge in [0.25, 0.3) is 0 Å². The van der Waals surface area contributed by atoms with Crippen LogP contribution in [0.3, 0.4) is 0 Å². The Labute approximate surface area is 213 Å². The van der Waals surface area contributed by atoms with Crippen molar-refractivity contribution in [3.8, 4) is 0 Å². The first-order valence-electron chi connectivity index (χ1n) is 11.4. The van der Waals surface area contributed by atoms with Crippen LogP contribution in [0, 0.1) is 0 Å². The second kappa shape index (κ2) is 11.5. The van der Waals surface area contributed by atoms with Gasteiger partial charge in [0.2, 0.25) is 6.29 Å². The van der Waals surface area contributed by atoms with E-state index < -0.39 is 48.6 Å². The summed E-state index contributed by atoms with van der Waals surface area (Å²) in [7, 11) is 0. The number of rotatable bonds is 8. The van der Waals surface area contributed by atoms with E-state index in [-0.39, 0.29) is 11.1 Å². The molecule has 1 aliphatic rings. The van der Waals surface area contributed by atoms with Gasteiger partial charge in [-0.05, 0) is 42.5 Å². The fourth-order valence-electron chi connectivity index (χ4n) is 3.82. The minimum atomic E-state index is -2.18. The monoisotopic (exact) mass is 500 g/mol. The molecule has 1 N–H and O–H groups in total. The van der Waals surface area contributed by atoms with Crippen molar-refractivity contribution < 1.29 is 38.4 Å². The molecule has 37 heavy (non-hydrogen) atoms. The number of aliphatic hydroxyl groups is 1. The Hall–Kier alpha value is -4.49. The van der Waals surface area contributed by atoms with Gasteiger partial charge in [0.15, 0.2) is 11.7 Å². The SMILES string of the molecule is C=C=C[C@]1(O)C(OC(=O)c2ccccc2)O[C@H](COC(=O)c2ccccc2)C1OC(=O)c1ccccc1. The van der Waals surface area contributed by atoms with Crippen molar-refractivity contribution in [1.29, 1.82) is 0 Å². The number of hydrogen-bond acceptors (Lipinski definition) is 8. The van der Waals surface area contributed by atoms with Crippen molar-refractivity contribution in [3.63, 3.8) is 0 Å². The number of carbonyl (C=O) groups excluding carboxylic acids is 3. The van der Waals surface area contributed by atoms with Crippen LogP contribution in [0.15, 0.2) is 109 Å². The molecule has 4 atom stereocenters. The topological polar surface area (TPSA) is 108 Å². The van der Waals surface area contributed by atoms with Crippen molar-refractivity contribution in [1.82, 2.24) is 0 Å². The van der Waals surface area contributed by atoms with Gasteiger partial charge in [0.05, 0.1) is 16.7 Å². The zero-order chi connectivity index (χ0) is 26.3. The normalized spacial score (nSPS) is 22.4. The molecule has 4 rings (SSSR count). The lowest BCUT2D eigenvalue weighted by Gasteiger charge is -2.29. The van der Waals surface area contributed by atoms with E-state index in [0.717, 1.165) is 6.08 Å². The summed E-state index contributed by atoms with van der Waals surface area (Å²) in [5.41, 5.74) is 1.00. The molecular weight excluding hydrogens is 476 g/mol. The molecule has 188 valence electrons. The molecule has 3 aromatic rings. The van der Waals surface area contributed by atoms with Crippen LogP contribution in [-0.2, 0) is 18.9 Å². The van der Waals surface area contributed by atoms with Crippen molar-refractivity contribution in [2.45, 2.75) is 24.1 Å². The van der Waals surface area contributed by atoms with Crippen LogP contribution in [0.1, 0.15) is 31.1 Å². The fraction of sp³-hybridized carbons (Fsp3) is 0.172. The molecule has 0 saturated carbocycles. The first-order valence-corrected chi connectivity index (χ1v) is 11.4. The standard InChI is InChI=1S/C29H24O8/c1-2-18-29(33)24(36-26(31)21-14-8-4-9-15-21)23(19-34-25(30)20-12-6-3-7-13-20)35-28(29)37-27(32)22-16-10-5-11-17-22/h3-18,23-24,28,33H,1,19H2/t23-,24?,28?,29-/m1/s1. The van der Waals surface area contributed by atoms with Gasteiger partial charge in [-0.2, -0.15) is 0 Å². The summed E-state index contributed by atoms with van der Waals surface area (Å²) in [6, 6.07) is 24.5. The maximum absolute atomic E-state index is 12.9. The van der Waals surface area contributed by atoms with Crippen LogP contribution < -0.4 is 0 Å². The van der Waals surface area contributed by atoms with E-state index in [4.69, 9.17) is 18.9 Å². The quantitative estimate of drug-likeness (QED) is 0.283. The highest BCUT2D eigenvalue weighted by Gasteiger charge is 2.59. The highest BCUT2D eigenvalue weighted by molar-refractivity contribution is 5.90. The van der Waals surface area contributed by atoms with Crippen LogP contribution in [0.5, 0.6) is 0 Å². The minimum Gasteiger partial charge on any atom is -0.459 e. The van der Waals surface area contributed by atoms with Crippen LogP contribution in [0.25, 0.3) is 0 Å². The average molecular weight is 501 g/mol. The van der Waals surface area contributed by atoms with Crippen LogP contribution >= 0.6 is 0 Å². The molecule has 2 unspecified atom stereocenters. The number of benzene rings is 3. The number of ether oxygens (including phenoxy) is 4. The molecule has 0 spiro atoms. The van der Waals surface area contributed by atoms with E-state index in [1.54, 1.807) is 66.7 Å². The Kier molecular flexibility index (Phi) is 7.95. The van der Waals surface area contributed by atoms with Crippen molar-refractivity contribution in [3.05, 3.63) is 126 Å². The molecule has 0 bridgehead atoms. The molecule has 1 saturated heterocycles. The highest BCUT2D eigenvalue weighted by Crippen LogP contribution is 2.37. The predicted molar refractivity (Wildman–Crippen MR) is 132 cm³/mol. The van der Waals surface area contributed by atoms with E-state index >= 15 is 0 Å². The lowest BCUT2D eigenvalue weighted by atomic mass is 9.94. The second-order valence-electron chi connectivity index (χ2n) is 8.17. The Bertz CT molecular complexity index is 1290. The van der Waals surface area contributed by atoms with E-state index in [2.05, 4.69) is 12.3 Å². The van der Waals surface area contributed by atoms with Gasteiger partial charge in [-0.25, -0.2) is 14.4 Å². The molecule has 0 radical (unpaired) electrons. The van der Waals surface area contributed by atoms with Gasteiger partial charge in [-0.3, -0.25) is 0 Å². The zero-order valence-electron chi connectivity index (χ0n) is 19.7. The van der Waals surface area contributed by atoms with E-state index in [1.165, 1.54) is 24.3 Å². The average Bonchev–Trinajstić information content (AvgIpc) is 3.18. The predicted octanol–water partition coefficient (Wildman–Crippen LogP) is 3.72. The van der Waals surface area contributed by atoms with Gasteiger partial charge < -0.3 is 24.1 Å². The Morgan fingerprint density at radius 1 is 0.811 bits per heavy atom. The maximum atomic E-state index is 12.9. The van der Waals surface area contributed by atoms with Gasteiger partial charge in [-0.1, -0.05) is 61.2 Å². The smallest absolute Gasteiger partial charge is 0.340 e. The summed E-state index contributed by atoms with van der Waals surface area (Å²) in [6.45, 7) is 3.08. The van der Waals surface area contributed by atoms with Crippen LogP contribution in [0.2, 0.25) is 0 Å². The first kappa shape index (κ1) is 25.6. The van der Waals surface area contributed by atoms with Crippen molar-refractivity contribution in [2.24, 2.45) is 0 Å². The fourth-order valence-corrected chi connectivity index (χ4v) is 3.82. The van der Waals surface area contributed by atoms with Crippen molar-refractivity contribution >= 4 is 17.9 Å². The van der Waals surface area contributed by atoms with Gasteiger partial charge in [0.1, 0.15) is 12.7 Å². The largest absolute Gasteiger partial charge is 0.459 e. The van der Waals surface area contributed by atoms with Gasteiger partial charge in [-0.15, -0.1) is 5.73 Å².